The summed E-state index contributed by atoms with van der Waals surface area (Å²) in [5.41, 5.74) is 0.679. The van der Waals surface area contributed by atoms with Crippen LogP contribution in [-0.2, 0) is 0 Å². The molecule has 0 N–H and O–H groups in total. The first kappa shape index (κ1) is 24.0. The minimum atomic E-state index is 0.679. The molecular weight excluding hydrogens is 312 g/mol. The summed E-state index contributed by atoms with van der Waals surface area (Å²) in [5, 5.41) is 0. The van der Waals surface area contributed by atoms with E-state index in [0.29, 0.717) is 5.41 Å². The van der Waals surface area contributed by atoms with Gasteiger partial charge in [-0.2, -0.15) is 0 Å². The highest BCUT2D eigenvalue weighted by molar-refractivity contribution is 5.04. The van der Waals surface area contributed by atoms with Crippen LogP contribution < -0.4 is 0 Å². The summed E-state index contributed by atoms with van der Waals surface area (Å²) < 4.78 is 0. The molecule has 0 aromatic rings. The summed E-state index contributed by atoms with van der Waals surface area (Å²) in [6.45, 7) is 24.8. The van der Waals surface area contributed by atoms with Gasteiger partial charge in [-0.3, -0.25) is 0 Å². The largest absolute Gasteiger partial charge is 0.0654 e. The summed E-state index contributed by atoms with van der Waals surface area (Å²) in [6, 6.07) is 0. The lowest BCUT2D eigenvalue weighted by Gasteiger charge is -2.37. The quantitative estimate of drug-likeness (QED) is 0.306. The molecule has 1 saturated carbocycles. The fourth-order valence-electron chi connectivity index (χ4n) is 6.27. The molecule has 0 aliphatic heterocycles. The first-order valence-electron chi connectivity index (χ1n) is 12.1. The van der Waals surface area contributed by atoms with Gasteiger partial charge in [0.2, 0.25) is 0 Å². The van der Waals surface area contributed by atoms with Crippen molar-refractivity contribution in [1.82, 2.24) is 0 Å². The van der Waals surface area contributed by atoms with Crippen LogP contribution in [-0.4, -0.2) is 0 Å². The maximum absolute atomic E-state index is 2.57. The van der Waals surface area contributed by atoms with E-state index in [9.17, 15) is 0 Å². The van der Waals surface area contributed by atoms with Crippen LogP contribution in [0.25, 0.3) is 0 Å². The van der Waals surface area contributed by atoms with Crippen molar-refractivity contribution in [3.05, 3.63) is 0 Å². The van der Waals surface area contributed by atoms with Gasteiger partial charge in [-0.15, -0.1) is 0 Å². The van der Waals surface area contributed by atoms with Crippen LogP contribution in [0.15, 0.2) is 0 Å². The predicted octanol–water partition coefficient (Wildman–Crippen LogP) is 8.85. The second-order valence-corrected chi connectivity index (χ2v) is 11.0. The van der Waals surface area contributed by atoms with Gasteiger partial charge in [0.1, 0.15) is 0 Å². The van der Waals surface area contributed by atoms with Crippen molar-refractivity contribution in [2.45, 2.75) is 114 Å². The molecule has 0 heterocycles. The van der Waals surface area contributed by atoms with Crippen molar-refractivity contribution in [2.75, 3.05) is 0 Å². The van der Waals surface area contributed by atoms with Crippen molar-refractivity contribution in [3.8, 4) is 0 Å². The SMILES string of the molecule is CCCC1(C(C)C(C)C(C)C(C)CC(C)CC(C)CC(C)CC)CC1C. The smallest absolute Gasteiger partial charge is 0.0241 e. The van der Waals surface area contributed by atoms with Crippen molar-refractivity contribution in [2.24, 2.45) is 52.8 Å². The maximum atomic E-state index is 2.57. The third-order valence-corrected chi connectivity index (χ3v) is 8.73. The molecule has 0 radical (unpaired) electrons. The van der Waals surface area contributed by atoms with Crippen LogP contribution in [0.5, 0.6) is 0 Å². The van der Waals surface area contributed by atoms with Gasteiger partial charge < -0.3 is 0 Å². The standard InChI is InChI=1S/C26H52/c1-11-13-26(17-22(26)7)25(10)24(9)23(8)21(6)16-20(5)15-19(4)14-18(3)12-2/h18-25H,11-17H2,1-10H3. The van der Waals surface area contributed by atoms with Gasteiger partial charge in [-0.05, 0) is 84.9 Å². The van der Waals surface area contributed by atoms with Crippen LogP contribution >= 0.6 is 0 Å². The lowest BCUT2D eigenvalue weighted by Crippen LogP contribution is -2.30. The van der Waals surface area contributed by atoms with E-state index in [0.717, 1.165) is 47.3 Å². The van der Waals surface area contributed by atoms with Gasteiger partial charge in [-0.25, -0.2) is 0 Å². The van der Waals surface area contributed by atoms with E-state index in [4.69, 9.17) is 0 Å². The van der Waals surface area contributed by atoms with Crippen LogP contribution in [0.4, 0.5) is 0 Å². The third kappa shape index (κ3) is 6.27. The summed E-state index contributed by atoms with van der Waals surface area (Å²) in [5.74, 6) is 7.05. The molecule has 1 aliphatic rings. The maximum Gasteiger partial charge on any atom is -0.0241 e. The Hall–Kier alpha value is 0. The van der Waals surface area contributed by atoms with E-state index >= 15 is 0 Å². The highest BCUT2D eigenvalue weighted by Gasteiger charge is 2.55. The minimum Gasteiger partial charge on any atom is -0.0654 e. The van der Waals surface area contributed by atoms with Gasteiger partial charge in [-0.1, -0.05) is 82.1 Å². The molecule has 1 rings (SSSR count). The van der Waals surface area contributed by atoms with Gasteiger partial charge in [0.15, 0.2) is 0 Å². The Bertz CT molecular complexity index is 385. The topological polar surface area (TPSA) is 0 Å². The van der Waals surface area contributed by atoms with E-state index in [1.54, 1.807) is 0 Å². The van der Waals surface area contributed by atoms with Crippen molar-refractivity contribution in [3.63, 3.8) is 0 Å². The Morgan fingerprint density at radius 2 is 1.27 bits per heavy atom. The fraction of sp³-hybridized carbons (Fsp3) is 1.00. The van der Waals surface area contributed by atoms with Crippen LogP contribution in [0.3, 0.4) is 0 Å². The molecule has 0 nitrogen and oxygen atoms in total. The molecule has 26 heavy (non-hydrogen) atoms. The van der Waals surface area contributed by atoms with Crippen LogP contribution in [0.1, 0.15) is 114 Å². The molecule has 0 aromatic heterocycles. The summed E-state index contributed by atoms with van der Waals surface area (Å²) in [4.78, 5) is 0. The molecule has 0 heteroatoms. The molecule has 9 atom stereocenters. The lowest BCUT2D eigenvalue weighted by molar-refractivity contribution is 0.121. The molecule has 1 fully saturated rings. The van der Waals surface area contributed by atoms with E-state index in [1.165, 1.54) is 44.9 Å². The minimum absolute atomic E-state index is 0.679. The number of hydrogen-bond acceptors (Lipinski definition) is 0. The van der Waals surface area contributed by atoms with Gasteiger partial charge in [0.25, 0.3) is 0 Å². The molecule has 156 valence electrons. The summed E-state index contributed by atoms with van der Waals surface area (Å²) in [6.07, 6.45) is 9.87. The molecule has 9 unspecified atom stereocenters. The summed E-state index contributed by atoms with van der Waals surface area (Å²) >= 11 is 0. The Labute approximate surface area is 167 Å². The zero-order valence-corrected chi connectivity index (χ0v) is 20.1. The average Bonchev–Trinajstić information content (AvgIpc) is 3.23. The first-order valence-corrected chi connectivity index (χ1v) is 12.1. The zero-order valence-electron chi connectivity index (χ0n) is 20.1. The molecule has 1 aliphatic carbocycles. The number of rotatable bonds is 13. The predicted molar refractivity (Wildman–Crippen MR) is 119 cm³/mol. The Morgan fingerprint density at radius 3 is 1.73 bits per heavy atom. The first-order chi connectivity index (χ1) is 12.1. The van der Waals surface area contributed by atoms with Crippen molar-refractivity contribution >= 4 is 0 Å². The van der Waals surface area contributed by atoms with Gasteiger partial charge >= 0.3 is 0 Å². The number of hydrogen-bond donors (Lipinski definition) is 0. The monoisotopic (exact) mass is 364 g/mol. The van der Waals surface area contributed by atoms with E-state index in [-0.39, 0.29) is 0 Å². The second-order valence-electron chi connectivity index (χ2n) is 11.0. The van der Waals surface area contributed by atoms with Gasteiger partial charge in [0.05, 0.1) is 0 Å². The molecule has 0 saturated heterocycles. The van der Waals surface area contributed by atoms with E-state index in [1.807, 2.05) is 0 Å². The van der Waals surface area contributed by atoms with E-state index < -0.39 is 0 Å². The Balaban J connectivity index is 2.51. The van der Waals surface area contributed by atoms with Crippen molar-refractivity contribution < 1.29 is 0 Å². The van der Waals surface area contributed by atoms with Crippen LogP contribution in [0.2, 0.25) is 0 Å². The fourth-order valence-corrected chi connectivity index (χ4v) is 6.27. The summed E-state index contributed by atoms with van der Waals surface area (Å²) in [7, 11) is 0. The molecule has 0 amide bonds. The molecule has 0 aromatic carbocycles. The van der Waals surface area contributed by atoms with Crippen LogP contribution in [0, 0.1) is 52.8 Å². The Morgan fingerprint density at radius 1 is 0.769 bits per heavy atom. The average molecular weight is 365 g/mol. The van der Waals surface area contributed by atoms with Crippen molar-refractivity contribution in [1.29, 1.82) is 0 Å². The second kappa shape index (κ2) is 10.5. The lowest BCUT2D eigenvalue weighted by atomic mass is 9.68. The zero-order chi connectivity index (χ0) is 20.1. The molecule has 0 bridgehead atoms. The van der Waals surface area contributed by atoms with E-state index in [2.05, 4.69) is 69.2 Å². The highest BCUT2D eigenvalue weighted by atomic mass is 14.6. The Kier molecular flexibility index (Phi) is 9.73. The van der Waals surface area contributed by atoms with Gasteiger partial charge in [0, 0.05) is 0 Å². The molecule has 0 spiro atoms. The third-order valence-electron chi connectivity index (χ3n) is 8.73. The molecular formula is C26H52. The normalized spacial score (nSPS) is 30.9. The highest BCUT2D eigenvalue weighted by Crippen LogP contribution is 2.63.